The molecule has 1 unspecified atom stereocenters. The monoisotopic (exact) mass is 694 g/mol. The summed E-state index contributed by atoms with van der Waals surface area (Å²) in [5, 5.41) is 22.3. The number of aromatic hydroxyl groups is 1. The van der Waals surface area contributed by atoms with E-state index in [0.717, 1.165) is 5.69 Å². The van der Waals surface area contributed by atoms with E-state index in [2.05, 4.69) is 20.6 Å². The van der Waals surface area contributed by atoms with Gasteiger partial charge in [-0.2, -0.15) is 0 Å². The molecule has 0 fully saturated rings. The molecule has 0 spiro atoms. The zero-order chi connectivity index (χ0) is 36.4. The maximum Gasteiger partial charge on any atom is 0.194 e. The molecule has 0 aliphatic heterocycles. The minimum Gasteiger partial charge on any atom is -0.505 e. The molecule has 2 heterocycles. The van der Waals surface area contributed by atoms with Gasteiger partial charge in [-0.05, 0) is 43.5 Å². The van der Waals surface area contributed by atoms with Crippen molar-refractivity contribution in [3.8, 4) is 23.0 Å². The van der Waals surface area contributed by atoms with Gasteiger partial charge >= 0.3 is 0 Å². The Morgan fingerprint density at radius 3 is 1.81 bits per heavy atom. The van der Waals surface area contributed by atoms with E-state index in [1.807, 2.05) is 49.4 Å². The number of phenols is 1. The standard InChI is InChI=1S/C41H34N4O7/c1-19-14-23-29-34-31(40(49)38(23)44-17-21-10-6-8-12-42-21)25(48)16-27(51-4)32(34)33-26(50-3)15-24(47)30-36(33)35(29)37(28(19)20(2)46)41(52-5)39(30)45-18-22-11-7-9-13-43-22/h6-16,28,44-45,49H,17-18H2,1-5H3. The fourth-order valence-corrected chi connectivity index (χ4v) is 8.00. The Labute approximate surface area is 297 Å². The van der Waals surface area contributed by atoms with Gasteiger partial charge in [0.25, 0.3) is 0 Å². The average Bonchev–Trinajstić information content (AvgIpc) is 3.28. The van der Waals surface area contributed by atoms with Crippen LogP contribution in [0.2, 0.25) is 0 Å². The number of phenolic OH excluding ortho intramolecular Hbond substituents is 1. The van der Waals surface area contributed by atoms with Crippen LogP contribution in [0.1, 0.15) is 42.3 Å². The number of benzene rings is 5. The largest absolute Gasteiger partial charge is 0.505 e. The van der Waals surface area contributed by atoms with Crippen LogP contribution < -0.4 is 35.7 Å². The van der Waals surface area contributed by atoms with Crippen molar-refractivity contribution in [1.29, 1.82) is 0 Å². The lowest BCUT2D eigenvalue weighted by atomic mass is 9.80. The lowest BCUT2D eigenvalue weighted by Crippen LogP contribution is -2.16. The number of methoxy groups -OCH3 is 3. The molecule has 0 bridgehead atoms. The third-order valence-corrected chi connectivity index (χ3v) is 10.0. The molecule has 52 heavy (non-hydrogen) atoms. The summed E-state index contributed by atoms with van der Waals surface area (Å²) in [5.74, 6) is -0.453. The van der Waals surface area contributed by atoms with Crippen LogP contribution in [0.15, 0.2) is 76.1 Å². The second-order valence-electron chi connectivity index (χ2n) is 12.9. The summed E-state index contributed by atoms with van der Waals surface area (Å²) >= 11 is 0. The van der Waals surface area contributed by atoms with Crippen molar-refractivity contribution < 1.29 is 24.1 Å². The van der Waals surface area contributed by atoms with E-state index >= 15 is 0 Å². The highest BCUT2D eigenvalue weighted by Crippen LogP contribution is 2.58. The maximum absolute atomic E-state index is 14.4. The van der Waals surface area contributed by atoms with Crippen LogP contribution in [-0.2, 0) is 17.9 Å². The van der Waals surface area contributed by atoms with E-state index in [4.69, 9.17) is 14.2 Å². The van der Waals surface area contributed by atoms with Gasteiger partial charge in [-0.1, -0.05) is 23.8 Å². The van der Waals surface area contributed by atoms with Gasteiger partial charge < -0.3 is 30.0 Å². The van der Waals surface area contributed by atoms with Crippen molar-refractivity contribution in [3.63, 3.8) is 0 Å². The summed E-state index contributed by atoms with van der Waals surface area (Å²) in [6.45, 7) is 3.85. The van der Waals surface area contributed by atoms with E-state index < -0.39 is 11.3 Å². The van der Waals surface area contributed by atoms with Gasteiger partial charge in [-0.3, -0.25) is 24.4 Å². The first kappa shape index (κ1) is 32.7. The minimum atomic E-state index is -0.828. The smallest absolute Gasteiger partial charge is 0.194 e. The van der Waals surface area contributed by atoms with Gasteiger partial charge in [0, 0.05) is 62.6 Å². The Morgan fingerprint density at radius 2 is 1.29 bits per heavy atom. The Kier molecular flexibility index (Phi) is 7.78. The van der Waals surface area contributed by atoms with Crippen LogP contribution in [0.25, 0.3) is 49.2 Å². The number of rotatable bonds is 10. The van der Waals surface area contributed by atoms with E-state index in [1.54, 1.807) is 12.4 Å². The molecule has 3 N–H and O–H groups in total. The molecule has 0 radical (unpaired) electrons. The fourth-order valence-electron chi connectivity index (χ4n) is 8.00. The highest BCUT2D eigenvalue weighted by molar-refractivity contribution is 6.40. The molecule has 0 saturated carbocycles. The Bertz CT molecular complexity index is 2730. The first-order valence-electron chi connectivity index (χ1n) is 16.7. The molecular formula is C41H34N4O7. The quantitative estimate of drug-likeness (QED) is 0.0795. The van der Waals surface area contributed by atoms with Crippen molar-refractivity contribution in [3.05, 3.63) is 109 Å². The predicted molar refractivity (Wildman–Crippen MR) is 203 cm³/mol. The molecule has 1 aliphatic carbocycles. The normalized spacial score (nSPS) is 13.9. The highest BCUT2D eigenvalue weighted by Gasteiger charge is 2.37. The number of pyridine rings is 2. The van der Waals surface area contributed by atoms with Gasteiger partial charge in [0.15, 0.2) is 16.6 Å². The number of ether oxygens (including phenoxy) is 3. The van der Waals surface area contributed by atoms with Crippen molar-refractivity contribution in [1.82, 2.24) is 9.97 Å². The number of aromatic nitrogens is 2. The molecule has 260 valence electrons. The topological polar surface area (TPSA) is 149 Å². The van der Waals surface area contributed by atoms with Gasteiger partial charge in [-0.15, -0.1) is 0 Å². The van der Waals surface area contributed by atoms with Crippen LogP contribution in [0.4, 0.5) is 11.4 Å². The third kappa shape index (κ3) is 4.69. The van der Waals surface area contributed by atoms with Crippen LogP contribution in [0.5, 0.6) is 23.0 Å². The number of nitrogens with one attached hydrogen (secondary N) is 2. The number of hydrogen-bond acceptors (Lipinski definition) is 11. The number of allylic oxidation sites excluding steroid dienone is 1. The van der Waals surface area contributed by atoms with E-state index in [-0.39, 0.29) is 52.6 Å². The number of fused-ring (bicyclic) bond motifs is 1. The number of hydrogen-bond donors (Lipinski definition) is 3. The lowest BCUT2D eigenvalue weighted by Gasteiger charge is -2.27. The van der Waals surface area contributed by atoms with Gasteiger partial charge in [0.2, 0.25) is 0 Å². The molecule has 8 rings (SSSR count). The number of carbonyl (C=O) groups excluding carboxylic acids is 1. The van der Waals surface area contributed by atoms with Crippen molar-refractivity contribution in [2.75, 3.05) is 32.0 Å². The average molecular weight is 695 g/mol. The van der Waals surface area contributed by atoms with Crippen molar-refractivity contribution in [2.24, 2.45) is 0 Å². The van der Waals surface area contributed by atoms with Crippen LogP contribution >= 0.6 is 0 Å². The Hall–Kier alpha value is -6.49. The fraction of sp³-hybridized carbons (Fsp3) is 0.195. The van der Waals surface area contributed by atoms with E-state index in [9.17, 15) is 19.5 Å². The predicted octanol–water partition coefficient (Wildman–Crippen LogP) is 6.73. The molecular weight excluding hydrogens is 660 g/mol. The minimum absolute atomic E-state index is 0.0553. The molecule has 11 heteroatoms. The third-order valence-electron chi connectivity index (χ3n) is 10.0. The molecule has 5 aromatic carbocycles. The molecule has 1 atom stereocenters. The summed E-state index contributed by atoms with van der Waals surface area (Å²) < 4.78 is 18.0. The lowest BCUT2D eigenvalue weighted by molar-refractivity contribution is -0.117. The summed E-state index contributed by atoms with van der Waals surface area (Å²) in [7, 11) is 4.45. The maximum atomic E-state index is 14.4. The van der Waals surface area contributed by atoms with Gasteiger partial charge in [-0.25, -0.2) is 0 Å². The second-order valence-corrected chi connectivity index (χ2v) is 12.9. The van der Waals surface area contributed by atoms with Crippen LogP contribution in [0, 0.1) is 0 Å². The summed E-state index contributed by atoms with van der Waals surface area (Å²) in [6, 6.07) is 13.8. The number of Topliss-reactive ketones (excluding diaryl/α,β-unsaturated/α-hetero) is 1. The molecule has 11 nitrogen and oxygen atoms in total. The Balaban J connectivity index is 1.66. The summed E-state index contributed by atoms with van der Waals surface area (Å²) in [6.07, 6.45) is 5.23. The van der Waals surface area contributed by atoms with Crippen molar-refractivity contribution in [2.45, 2.75) is 32.9 Å². The first-order valence-corrected chi connectivity index (χ1v) is 16.7. The number of nitrogens with zero attached hydrogens (tertiary/aromatic N) is 2. The molecule has 0 amide bonds. The number of anilines is 2. The second kappa shape index (κ2) is 12.4. The van der Waals surface area contributed by atoms with E-state index in [1.165, 1.54) is 40.4 Å². The zero-order valence-corrected chi connectivity index (χ0v) is 29.1. The first-order chi connectivity index (χ1) is 25.2. The van der Waals surface area contributed by atoms with Crippen LogP contribution in [0.3, 0.4) is 0 Å². The van der Waals surface area contributed by atoms with Crippen molar-refractivity contribution >= 4 is 66.3 Å². The highest BCUT2D eigenvalue weighted by atomic mass is 16.5. The molecule has 0 saturated heterocycles. The number of carbonyl (C=O) groups is 1. The SMILES string of the molecule is COc1c(NCc2ccccn2)c2c(=O)cc(OC)c3c4c(OC)cc(=O)c5c(O)c(NCc6ccccn6)c6c(c(c1C(C(C)=O)C(C)=C6)c23)c54. The summed E-state index contributed by atoms with van der Waals surface area (Å²) in [5.41, 5.74) is 3.02. The van der Waals surface area contributed by atoms with Gasteiger partial charge in [0.1, 0.15) is 23.0 Å². The van der Waals surface area contributed by atoms with E-state index in [0.29, 0.717) is 71.5 Å². The van der Waals surface area contributed by atoms with Crippen LogP contribution in [-0.4, -0.2) is 42.2 Å². The van der Waals surface area contributed by atoms with Gasteiger partial charge in [0.05, 0.1) is 73.9 Å². The number of ketones is 1. The Morgan fingerprint density at radius 1 is 0.731 bits per heavy atom. The molecule has 1 aliphatic rings. The zero-order valence-electron chi connectivity index (χ0n) is 29.1. The summed E-state index contributed by atoms with van der Waals surface area (Å²) in [4.78, 5) is 51.3. The molecule has 7 aromatic rings. The molecule has 2 aromatic heterocycles.